The van der Waals surface area contributed by atoms with Crippen molar-refractivity contribution in [3.8, 4) is 0 Å². The van der Waals surface area contributed by atoms with E-state index in [-0.39, 0.29) is 12.0 Å². The standard InChI is InChI=1S/C6H12BNO/c1-3-5(8)4(2)9-6(3)7/h3,5-6H,2,7-8H2,1H3. The van der Waals surface area contributed by atoms with E-state index < -0.39 is 0 Å². The summed E-state index contributed by atoms with van der Waals surface area (Å²) < 4.78 is 5.27. The SMILES string of the molecule is BC1OC(=C)C(N)C1C. The molecule has 9 heavy (non-hydrogen) atoms. The van der Waals surface area contributed by atoms with Gasteiger partial charge in [-0.3, -0.25) is 0 Å². The first-order valence-corrected chi connectivity index (χ1v) is 3.24. The molecule has 1 rings (SSSR count). The van der Waals surface area contributed by atoms with Crippen LogP contribution in [0.15, 0.2) is 12.3 Å². The normalized spacial score (nSPS) is 42.9. The second-order valence-electron chi connectivity index (χ2n) is 2.67. The average molecular weight is 125 g/mol. The first-order valence-electron chi connectivity index (χ1n) is 3.24. The van der Waals surface area contributed by atoms with Crippen LogP contribution in [0.3, 0.4) is 0 Å². The largest absolute Gasteiger partial charge is 0.503 e. The summed E-state index contributed by atoms with van der Waals surface area (Å²) in [7, 11) is 2.02. The molecule has 3 atom stereocenters. The Hall–Kier alpha value is -0.435. The summed E-state index contributed by atoms with van der Waals surface area (Å²) in [5, 5.41) is 0. The third-order valence-electron chi connectivity index (χ3n) is 2.02. The first kappa shape index (κ1) is 6.68. The molecule has 0 bridgehead atoms. The number of rotatable bonds is 0. The molecule has 1 heterocycles. The zero-order valence-electron chi connectivity index (χ0n) is 5.92. The molecule has 3 heteroatoms. The Morgan fingerprint density at radius 1 is 1.78 bits per heavy atom. The molecule has 3 unspecified atom stereocenters. The minimum atomic E-state index is 0.0417. The van der Waals surface area contributed by atoms with Crippen molar-refractivity contribution in [3.63, 3.8) is 0 Å². The second kappa shape index (κ2) is 2.07. The van der Waals surface area contributed by atoms with Crippen LogP contribution >= 0.6 is 0 Å². The van der Waals surface area contributed by atoms with Crippen molar-refractivity contribution in [1.82, 2.24) is 0 Å². The van der Waals surface area contributed by atoms with Crippen molar-refractivity contribution in [2.45, 2.75) is 19.0 Å². The third-order valence-corrected chi connectivity index (χ3v) is 2.02. The van der Waals surface area contributed by atoms with Crippen LogP contribution in [0.4, 0.5) is 0 Å². The van der Waals surface area contributed by atoms with Gasteiger partial charge in [0.2, 0.25) is 0 Å². The van der Waals surface area contributed by atoms with Gasteiger partial charge >= 0.3 is 0 Å². The highest BCUT2D eigenvalue weighted by Gasteiger charge is 2.31. The van der Waals surface area contributed by atoms with Crippen LogP contribution in [-0.4, -0.2) is 19.9 Å². The zero-order chi connectivity index (χ0) is 7.02. The monoisotopic (exact) mass is 125 g/mol. The minimum absolute atomic E-state index is 0.0417. The number of ether oxygens (including phenoxy) is 1. The van der Waals surface area contributed by atoms with Gasteiger partial charge in [0.25, 0.3) is 0 Å². The van der Waals surface area contributed by atoms with E-state index >= 15 is 0 Å². The maximum atomic E-state index is 5.69. The van der Waals surface area contributed by atoms with E-state index in [9.17, 15) is 0 Å². The van der Waals surface area contributed by atoms with Crippen molar-refractivity contribution < 1.29 is 4.74 Å². The lowest BCUT2D eigenvalue weighted by atomic mass is 9.86. The Morgan fingerprint density at radius 3 is 2.44 bits per heavy atom. The molecule has 2 N–H and O–H groups in total. The van der Waals surface area contributed by atoms with E-state index in [1.807, 2.05) is 7.85 Å². The topological polar surface area (TPSA) is 35.2 Å². The Kier molecular flexibility index (Phi) is 1.53. The van der Waals surface area contributed by atoms with Crippen LogP contribution in [-0.2, 0) is 4.74 Å². The van der Waals surface area contributed by atoms with Gasteiger partial charge in [0.05, 0.1) is 12.0 Å². The van der Waals surface area contributed by atoms with E-state index in [1.165, 1.54) is 0 Å². The zero-order valence-corrected chi connectivity index (χ0v) is 5.92. The highest BCUT2D eigenvalue weighted by atomic mass is 16.5. The van der Waals surface area contributed by atoms with Crippen LogP contribution in [0.1, 0.15) is 6.92 Å². The van der Waals surface area contributed by atoms with Crippen molar-refractivity contribution in [1.29, 1.82) is 0 Å². The van der Waals surface area contributed by atoms with E-state index in [4.69, 9.17) is 10.5 Å². The quantitative estimate of drug-likeness (QED) is 0.441. The summed E-state index contributed by atoms with van der Waals surface area (Å²) in [5.74, 6) is 1.15. The fourth-order valence-electron chi connectivity index (χ4n) is 1.01. The van der Waals surface area contributed by atoms with E-state index in [0.29, 0.717) is 5.92 Å². The summed E-state index contributed by atoms with van der Waals surface area (Å²) in [6.07, 6.45) is 0. The lowest BCUT2D eigenvalue weighted by Crippen LogP contribution is -2.28. The van der Waals surface area contributed by atoms with Crippen molar-refractivity contribution >= 4 is 7.85 Å². The highest BCUT2D eigenvalue weighted by molar-refractivity contribution is 6.11. The molecule has 0 aromatic rings. The van der Waals surface area contributed by atoms with Gasteiger partial charge in [-0.2, -0.15) is 0 Å². The molecule has 1 saturated heterocycles. The third kappa shape index (κ3) is 0.967. The molecule has 0 saturated carbocycles. The smallest absolute Gasteiger partial charge is 0.155 e. The van der Waals surface area contributed by atoms with Crippen LogP contribution in [0, 0.1) is 5.92 Å². The number of hydrogen-bond donors (Lipinski definition) is 1. The maximum Gasteiger partial charge on any atom is 0.155 e. The van der Waals surface area contributed by atoms with Gasteiger partial charge in [-0.1, -0.05) is 13.5 Å². The van der Waals surface area contributed by atoms with Gasteiger partial charge in [0.15, 0.2) is 7.85 Å². The molecule has 1 fully saturated rings. The van der Waals surface area contributed by atoms with Gasteiger partial charge in [-0.25, -0.2) is 0 Å². The molecule has 0 aromatic heterocycles. The fraction of sp³-hybridized carbons (Fsp3) is 0.667. The van der Waals surface area contributed by atoms with Crippen molar-refractivity contribution in [2.75, 3.05) is 0 Å². The average Bonchev–Trinajstić information content (AvgIpc) is 1.98. The lowest BCUT2D eigenvalue weighted by molar-refractivity contribution is 0.208. The van der Waals surface area contributed by atoms with Crippen LogP contribution in [0.25, 0.3) is 0 Å². The molecule has 0 spiro atoms. The Bertz CT molecular complexity index is 137. The summed E-state index contributed by atoms with van der Waals surface area (Å²) in [4.78, 5) is 0. The molecule has 0 aliphatic carbocycles. The Morgan fingerprint density at radius 2 is 2.33 bits per heavy atom. The van der Waals surface area contributed by atoms with Crippen LogP contribution < -0.4 is 5.73 Å². The maximum absolute atomic E-state index is 5.69. The Balaban J connectivity index is 2.65. The summed E-state index contributed by atoms with van der Waals surface area (Å²) in [6, 6.07) is 0.285. The van der Waals surface area contributed by atoms with E-state index in [1.54, 1.807) is 0 Å². The summed E-state index contributed by atoms with van der Waals surface area (Å²) >= 11 is 0. The molecular formula is C6H12BNO. The summed E-state index contributed by atoms with van der Waals surface area (Å²) in [6.45, 7) is 5.77. The predicted octanol–water partition coefficient (Wildman–Crippen LogP) is -0.547. The molecule has 1 aliphatic heterocycles. The van der Waals surface area contributed by atoms with Crippen molar-refractivity contribution in [3.05, 3.63) is 12.3 Å². The summed E-state index contributed by atoms with van der Waals surface area (Å²) in [5.41, 5.74) is 5.69. The van der Waals surface area contributed by atoms with Crippen LogP contribution in [0.5, 0.6) is 0 Å². The molecule has 1 aliphatic rings. The van der Waals surface area contributed by atoms with E-state index in [0.717, 1.165) is 5.76 Å². The predicted molar refractivity (Wildman–Crippen MR) is 39.7 cm³/mol. The van der Waals surface area contributed by atoms with Gasteiger partial charge in [-0.05, 0) is 0 Å². The molecule has 2 nitrogen and oxygen atoms in total. The van der Waals surface area contributed by atoms with Gasteiger partial charge < -0.3 is 10.5 Å². The fourth-order valence-corrected chi connectivity index (χ4v) is 1.01. The van der Waals surface area contributed by atoms with E-state index in [2.05, 4.69) is 13.5 Å². The first-order chi connectivity index (χ1) is 4.13. The van der Waals surface area contributed by atoms with Crippen LogP contribution in [0.2, 0.25) is 0 Å². The molecule has 50 valence electrons. The highest BCUT2D eigenvalue weighted by Crippen LogP contribution is 2.24. The minimum Gasteiger partial charge on any atom is -0.503 e. The molecular weight excluding hydrogens is 113 g/mol. The second-order valence-corrected chi connectivity index (χ2v) is 2.67. The van der Waals surface area contributed by atoms with Gasteiger partial charge in [0, 0.05) is 5.92 Å². The lowest BCUT2D eigenvalue weighted by Gasteiger charge is -2.07. The van der Waals surface area contributed by atoms with Crippen molar-refractivity contribution in [2.24, 2.45) is 11.7 Å². The molecule has 0 amide bonds. The van der Waals surface area contributed by atoms with Gasteiger partial charge in [0.1, 0.15) is 5.76 Å². The Labute approximate surface area is 56.5 Å². The van der Waals surface area contributed by atoms with Gasteiger partial charge in [-0.15, -0.1) is 0 Å². The molecule has 0 radical (unpaired) electrons. The number of nitrogens with two attached hydrogens (primary N) is 1. The number of hydrogen-bond acceptors (Lipinski definition) is 2. The molecule has 0 aromatic carbocycles.